The van der Waals surface area contributed by atoms with E-state index in [-0.39, 0.29) is 0 Å². The molecule has 0 aliphatic carbocycles. The van der Waals surface area contributed by atoms with Crippen LogP contribution in [-0.4, -0.2) is 32.5 Å². The second-order valence-electron chi connectivity index (χ2n) is 5.82. The molecule has 19 heavy (non-hydrogen) atoms. The highest BCUT2D eigenvalue weighted by molar-refractivity contribution is 7.91. The SMILES string of the molecule is CC(C)NCC(Cc1ccsc1)C1CCS(=O)(=O)C1. The molecule has 1 saturated heterocycles. The van der Waals surface area contributed by atoms with Crippen molar-refractivity contribution in [1.82, 2.24) is 5.32 Å². The number of nitrogens with one attached hydrogen (secondary N) is 1. The zero-order valence-corrected chi connectivity index (χ0v) is 13.3. The molecule has 1 aliphatic rings. The predicted octanol–water partition coefficient (Wildman–Crippen LogP) is 2.34. The van der Waals surface area contributed by atoms with E-state index in [1.807, 2.05) is 0 Å². The Morgan fingerprint density at radius 1 is 1.47 bits per heavy atom. The Bertz CT molecular complexity index is 480. The maximum Gasteiger partial charge on any atom is 0.150 e. The van der Waals surface area contributed by atoms with Gasteiger partial charge in [0.05, 0.1) is 11.5 Å². The van der Waals surface area contributed by atoms with Crippen molar-refractivity contribution in [3.8, 4) is 0 Å². The van der Waals surface area contributed by atoms with Gasteiger partial charge in [-0.3, -0.25) is 0 Å². The fourth-order valence-electron chi connectivity index (χ4n) is 2.70. The standard InChI is InChI=1S/C14H23NO2S2/c1-11(2)15-8-14(7-12-3-5-18-9-12)13-4-6-19(16,17)10-13/h3,5,9,11,13-15H,4,6-8,10H2,1-2H3. The summed E-state index contributed by atoms with van der Waals surface area (Å²) in [5.74, 6) is 1.49. The first kappa shape index (κ1) is 15.0. The largest absolute Gasteiger partial charge is 0.314 e. The van der Waals surface area contributed by atoms with Crippen LogP contribution in [0, 0.1) is 11.8 Å². The van der Waals surface area contributed by atoms with E-state index in [9.17, 15) is 8.42 Å². The van der Waals surface area contributed by atoms with Crippen LogP contribution in [0.1, 0.15) is 25.8 Å². The molecule has 0 spiro atoms. The van der Waals surface area contributed by atoms with Gasteiger partial charge in [-0.25, -0.2) is 8.42 Å². The van der Waals surface area contributed by atoms with Crippen molar-refractivity contribution >= 4 is 21.2 Å². The quantitative estimate of drug-likeness (QED) is 0.877. The first-order chi connectivity index (χ1) is 8.96. The lowest BCUT2D eigenvalue weighted by Gasteiger charge is -2.24. The van der Waals surface area contributed by atoms with Gasteiger partial charge in [0.2, 0.25) is 0 Å². The average molecular weight is 301 g/mol. The molecule has 2 rings (SSSR count). The van der Waals surface area contributed by atoms with E-state index in [2.05, 4.69) is 36.0 Å². The van der Waals surface area contributed by atoms with Crippen LogP contribution in [-0.2, 0) is 16.3 Å². The van der Waals surface area contributed by atoms with E-state index < -0.39 is 9.84 Å². The van der Waals surface area contributed by atoms with Gasteiger partial charge in [-0.1, -0.05) is 13.8 Å². The Hall–Kier alpha value is -0.390. The summed E-state index contributed by atoms with van der Waals surface area (Å²) in [7, 11) is -2.78. The molecule has 5 heteroatoms. The van der Waals surface area contributed by atoms with E-state index in [0.717, 1.165) is 19.4 Å². The summed E-state index contributed by atoms with van der Waals surface area (Å²) in [5.41, 5.74) is 1.34. The van der Waals surface area contributed by atoms with Gasteiger partial charge in [-0.05, 0) is 53.6 Å². The molecule has 1 aromatic rings. The lowest BCUT2D eigenvalue weighted by molar-refractivity contribution is 0.334. The van der Waals surface area contributed by atoms with Crippen LogP contribution < -0.4 is 5.32 Å². The molecule has 0 saturated carbocycles. The Morgan fingerprint density at radius 2 is 2.26 bits per heavy atom. The Kier molecular flexibility index (Phi) is 5.03. The monoisotopic (exact) mass is 301 g/mol. The fourth-order valence-corrected chi connectivity index (χ4v) is 5.30. The highest BCUT2D eigenvalue weighted by Crippen LogP contribution is 2.29. The van der Waals surface area contributed by atoms with Crippen molar-refractivity contribution in [2.75, 3.05) is 18.1 Å². The zero-order chi connectivity index (χ0) is 13.9. The maximum atomic E-state index is 11.7. The molecule has 108 valence electrons. The van der Waals surface area contributed by atoms with Crippen LogP contribution in [0.3, 0.4) is 0 Å². The van der Waals surface area contributed by atoms with Gasteiger partial charge in [0.1, 0.15) is 0 Å². The summed E-state index contributed by atoms with van der Waals surface area (Å²) >= 11 is 1.71. The normalized spacial score (nSPS) is 23.8. The summed E-state index contributed by atoms with van der Waals surface area (Å²) in [6.07, 6.45) is 1.82. The molecular weight excluding hydrogens is 278 g/mol. The molecule has 1 aliphatic heterocycles. The van der Waals surface area contributed by atoms with Gasteiger partial charge in [0.25, 0.3) is 0 Å². The maximum absolute atomic E-state index is 11.7. The number of sulfone groups is 1. The lowest BCUT2D eigenvalue weighted by atomic mass is 9.87. The summed E-state index contributed by atoms with van der Waals surface area (Å²) in [5, 5.41) is 7.73. The van der Waals surface area contributed by atoms with Crippen LogP contribution in [0.2, 0.25) is 0 Å². The molecule has 1 fully saturated rings. The Morgan fingerprint density at radius 3 is 2.79 bits per heavy atom. The molecule has 2 unspecified atom stereocenters. The first-order valence-electron chi connectivity index (χ1n) is 6.91. The Labute approximate surface area is 120 Å². The van der Waals surface area contributed by atoms with Gasteiger partial charge in [-0.2, -0.15) is 11.3 Å². The molecule has 2 atom stereocenters. The van der Waals surface area contributed by atoms with Crippen molar-refractivity contribution in [3.63, 3.8) is 0 Å². The van der Waals surface area contributed by atoms with E-state index in [0.29, 0.717) is 29.4 Å². The second kappa shape index (κ2) is 6.37. The third-order valence-corrected chi connectivity index (χ3v) is 6.33. The zero-order valence-electron chi connectivity index (χ0n) is 11.6. The van der Waals surface area contributed by atoms with Gasteiger partial charge < -0.3 is 5.32 Å². The molecule has 0 radical (unpaired) electrons. The molecule has 1 aromatic heterocycles. The van der Waals surface area contributed by atoms with Crippen LogP contribution in [0.5, 0.6) is 0 Å². The fraction of sp³-hybridized carbons (Fsp3) is 0.714. The van der Waals surface area contributed by atoms with Crippen LogP contribution in [0.15, 0.2) is 16.8 Å². The third-order valence-electron chi connectivity index (χ3n) is 3.80. The molecule has 1 N–H and O–H groups in total. The van der Waals surface area contributed by atoms with E-state index >= 15 is 0 Å². The van der Waals surface area contributed by atoms with Gasteiger partial charge in [0, 0.05) is 6.04 Å². The minimum Gasteiger partial charge on any atom is -0.314 e. The van der Waals surface area contributed by atoms with E-state index in [1.54, 1.807) is 11.3 Å². The number of rotatable bonds is 6. The van der Waals surface area contributed by atoms with E-state index in [4.69, 9.17) is 0 Å². The average Bonchev–Trinajstić information content (AvgIpc) is 2.93. The molecule has 2 heterocycles. The minimum absolute atomic E-state index is 0.316. The van der Waals surface area contributed by atoms with Crippen molar-refractivity contribution in [2.24, 2.45) is 11.8 Å². The first-order valence-corrected chi connectivity index (χ1v) is 9.67. The third kappa shape index (κ3) is 4.58. The van der Waals surface area contributed by atoms with Crippen molar-refractivity contribution in [3.05, 3.63) is 22.4 Å². The summed E-state index contributed by atoms with van der Waals surface area (Å²) in [6, 6.07) is 2.60. The van der Waals surface area contributed by atoms with Gasteiger partial charge >= 0.3 is 0 Å². The summed E-state index contributed by atoms with van der Waals surface area (Å²) in [4.78, 5) is 0. The summed E-state index contributed by atoms with van der Waals surface area (Å²) in [6.45, 7) is 5.17. The molecule has 3 nitrogen and oxygen atoms in total. The predicted molar refractivity (Wildman–Crippen MR) is 81.4 cm³/mol. The molecule has 0 amide bonds. The highest BCUT2D eigenvalue weighted by atomic mass is 32.2. The number of thiophene rings is 1. The lowest BCUT2D eigenvalue weighted by Crippen LogP contribution is -2.34. The minimum atomic E-state index is -2.78. The molecular formula is C14H23NO2S2. The van der Waals surface area contributed by atoms with E-state index in [1.165, 1.54) is 5.56 Å². The van der Waals surface area contributed by atoms with Crippen molar-refractivity contribution in [1.29, 1.82) is 0 Å². The molecule has 0 bridgehead atoms. The highest BCUT2D eigenvalue weighted by Gasteiger charge is 2.33. The van der Waals surface area contributed by atoms with Gasteiger partial charge in [-0.15, -0.1) is 0 Å². The summed E-state index contributed by atoms with van der Waals surface area (Å²) < 4.78 is 23.3. The second-order valence-corrected chi connectivity index (χ2v) is 8.83. The molecule has 0 aromatic carbocycles. The van der Waals surface area contributed by atoms with Crippen LogP contribution in [0.4, 0.5) is 0 Å². The number of hydrogen-bond donors (Lipinski definition) is 1. The number of hydrogen-bond acceptors (Lipinski definition) is 4. The van der Waals surface area contributed by atoms with Gasteiger partial charge in [0.15, 0.2) is 9.84 Å². The van der Waals surface area contributed by atoms with Crippen LogP contribution in [0.25, 0.3) is 0 Å². The Balaban J connectivity index is 2.01. The van der Waals surface area contributed by atoms with Crippen molar-refractivity contribution < 1.29 is 8.42 Å². The topological polar surface area (TPSA) is 46.2 Å². The van der Waals surface area contributed by atoms with Crippen LogP contribution >= 0.6 is 11.3 Å². The smallest absolute Gasteiger partial charge is 0.150 e. The van der Waals surface area contributed by atoms with Crippen molar-refractivity contribution in [2.45, 2.75) is 32.7 Å².